The van der Waals surface area contributed by atoms with Gasteiger partial charge in [0.25, 0.3) is 0 Å². The Morgan fingerprint density at radius 1 is 1.24 bits per heavy atom. The van der Waals surface area contributed by atoms with Gasteiger partial charge in [-0.3, -0.25) is 0 Å². The summed E-state index contributed by atoms with van der Waals surface area (Å²) >= 11 is 2.01. The van der Waals surface area contributed by atoms with Crippen LogP contribution in [0.15, 0.2) is 24.3 Å². The Morgan fingerprint density at radius 2 is 2.06 bits per heavy atom. The molecule has 0 saturated carbocycles. The molecule has 0 spiro atoms. The molecule has 0 aromatic heterocycles. The third-order valence-electron chi connectivity index (χ3n) is 3.32. The average Bonchev–Trinajstić information content (AvgIpc) is 2.40. The van der Waals surface area contributed by atoms with Crippen LogP contribution in [-0.2, 0) is 10.5 Å². The number of hydrogen-bond donors (Lipinski definition) is 1. The fraction of sp³-hybridized carbons (Fsp3) is 0.538. The van der Waals surface area contributed by atoms with E-state index < -0.39 is 0 Å². The van der Waals surface area contributed by atoms with Crippen LogP contribution in [0.5, 0.6) is 0 Å². The summed E-state index contributed by atoms with van der Waals surface area (Å²) in [5.41, 5.74) is 6.60. The Kier molecular flexibility index (Phi) is 3.66. The lowest BCUT2D eigenvalue weighted by atomic mass is 10.0. The first-order chi connectivity index (χ1) is 8.43. The zero-order chi connectivity index (χ0) is 11.5. The quantitative estimate of drug-likeness (QED) is 0.865. The molecule has 1 saturated heterocycles. The van der Waals surface area contributed by atoms with Crippen LogP contribution in [-0.4, -0.2) is 37.1 Å². The summed E-state index contributed by atoms with van der Waals surface area (Å²) in [6.45, 7) is 3.66. The molecule has 1 aromatic carbocycles. The molecule has 1 unspecified atom stereocenters. The largest absolute Gasteiger partial charge is 0.379 e. The van der Waals surface area contributed by atoms with Crippen molar-refractivity contribution in [1.82, 2.24) is 10.4 Å². The predicted octanol–water partition coefficient (Wildman–Crippen LogP) is 1.81. The summed E-state index contributed by atoms with van der Waals surface area (Å²) in [5, 5.41) is 2.30. The van der Waals surface area contributed by atoms with Gasteiger partial charge in [-0.2, -0.15) is 11.8 Å². The minimum atomic E-state index is 0.461. The van der Waals surface area contributed by atoms with Gasteiger partial charge in [0.1, 0.15) is 0 Å². The first-order valence-electron chi connectivity index (χ1n) is 6.18. The van der Waals surface area contributed by atoms with Crippen LogP contribution < -0.4 is 5.43 Å². The summed E-state index contributed by atoms with van der Waals surface area (Å²) in [7, 11) is 0. The number of benzene rings is 1. The van der Waals surface area contributed by atoms with E-state index in [4.69, 9.17) is 4.74 Å². The first-order valence-corrected chi connectivity index (χ1v) is 7.33. The van der Waals surface area contributed by atoms with E-state index >= 15 is 0 Å². The highest BCUT2D eigenvalue weighted by atomic mass is 32.2. The lowest BCUT2D eigenvalue weighted by Gasteiger charge is -2.34. The molecule has 4 heteroatoms. The van der Waals surface area contributed by atoms with Gasteiger partial charge in [0.2, 0.25) is 0 Å². The highest BCUT2D eigenvalue weighted by Crippen LogP contribution is 2.31. The Morgan fingerprint density at radius 3 is 2.94 bits per heavy atom. The Balaban J connectivity index is 1.71. The highest BCUT2D eigenvalue weighted by Gasteiger charge is 2.22. The summed E-state index contributed by atoms with van der Waals surface area (Å²) in [5.74, 6) is 2.31. The van der Waals surface area contributed by atoms with Crippen LogP contribution in [0.3, 0.4) is 0 Å². The average molecular weight is 250 g/mol. The van der Waals surface area contributed by atoms with E-state index in [2.05, 4.69) is 34.7 Å². The highest BCUT2D eigenvalue weighted by molar-refractivity contribution is 7.98. The number of thioether (sulfide) groups is 1. The predicted molar refractivity (Wildman–Crippen MR) is 70.9 cm³/mol. The van der Waals surface area contributed by atoms with Gasteiger partial charge in [0, 0.05) is 24.6 Å². The second-order valence-electron chi connectivity index (χ2n) is 4.50. The molecule has 3 rings (SSSR count). The molecule has 17 heavy (non-hydrogen) atoms. The zero-order valence-electron chi connectivity index (χ0n) is 9.89. The lowest BCUT2D eigenvalue weighted by Crippen LogP contribution is -2.48. The van der Waals surface area contributed by atoms with E-state index in [0.29, 0.717) is 6.04 Å². The first kappa shape index (κ1) is 11.5. The molecule has 2 aliphatic rings. The number of morpholine rings is 1. The molecule has 0 bridgehead atoms. The molecule has 0 radical (unpaired) electrons. The number of hydrogen-bond acceptors (Lipinski definition) is 4. The molecule has 1 atom stereocenters. The fourth-order valence-corrected chi connectivity index (χ4v) is 3.49. The normalized spacial score (nSPS) is 25.5. The summed E-state index contributed by atoms with van der Waals surface area (Å²) in [6.07, 6.45) is 0. The van der Waals surface area contributed by atoms with Gasteiger partial charge in [-0.1, -0.05) is 24.3 Å². The Bertz CT molecular complexity index is 379. The number of fused-ring (bicyclic) bond motifs is 1. The van der Waals surface area contributed by atoms with Crippen LogP contribution in [0.25, 0.3) is 0 Å². The molecule has 0 amide bonds. The molecule has 1 aromatic rings. The Labute approximate surface area is 106 Å². The second kappa shape index (κ2) is 5.40. The van der Waals surface area contributed by atoms with Gasteiger partial charge >= 0.3 is 0 Å². The van der Waals surface area contributed by atoms with Crippen LogP contribution in [0.2, 0.25) is 0 Å². The number of hydrazine groups is 1. The fourth-order valence-electron chi connectivity index (χ4n) is 2.40. The van der Waals surface area contributed by atoms with Crippen LogP contribution in [0.4, 0.5) is 0 Å². The number of ether oxygens (including phenoxy) is 1. The van der Waals surface area contributed by atoms with Gasteiger partial charge < -0.3 is 4.74 Å². The van der Waals surface area contributed by atoms with Crippen molar-refractivity contribution in [3.8, 4) is 0 Å². The monoisotopic (exact) mass is 250 g/mol. The Hall–Kier alpha value is -0.550. The topological polar surface area (TPSA) is 24.5 Å². The van der Waals surface area contributed by atoms with E-state index in [1.807, 2.05) is 11.8 Å². The molecule has 1 fully saturated rings. The van der Waals surface area contributed by atoms with Crippen LogP contribution in [0.1, 0.15) is 17.2 Å². The minimum absolute atomic E-state index is 0.461. The third kappa shape index (κ3) is 2.65. The number of nitrogens with one attached hydrogen (secondary N) is 1. The SMILES string of the molecule is c1ccc2c(c1)CSCC2NN1CCOCC1. The molecule has 92 valence electrons. The maximum absolute atomic E-state index is 5.37. The molecular weight excluding hydrogens is 232 g/mol. The third-order valence-corrected chi connectivity index (χ3v) is 4.41. The molecule has 0 aliphatic carbocycles. The van der Waals surface area contributed by atoms with Crippen molar-refractivity contribution in [2.24, 2.45) is 0 Å². The van der Waals surface area contributed by atoms with Crippen LogP contribution in [0, 0.1) is 0 Å². The molecule has 1 N–H and O–H groups in total. The van der Waals surface area contributed by atoms with E-state index in [1.165, 1.54) is 11.1 Å². The van der Waals surface area contributed by atoms with Crippen molar-refractivity contribution in [3.63, 3.8) is 0 Å². The van der Waals surface area contributed by atoms with Gasteiger partial charge in [-0.05, 0) is 11.1 Å². The zero-order valence-corrected chi connectivity index (χ0v) is 10.7. The van der Waals surface area contributed by atoms with Crippen molar-refractivity contribution in [1.29, 1.82) is 0 Å². The van der Waals surface area contributed by atoms with Crippen molar-refractivity contribution in [3.05, 3.63) is 35.4 Å². The maximum atomic E-state index is 5.37. The minimum Gasteiger partial charge on any atom is -0.379 e. The summed E-state index contributed by atoms with van der Waals surface area (Å²) in [6, 6.07) is 9.24. The van der Waals surface area contributed by atoms with Gasteiger partial charge in [0.05, 0.1) is 19.3 Å². The van der Waals surface area contributed by atoms with Crippen molar-refractivity contribution in [2.75, 3.05) is 32.1 Å². The van der Waals surface area contributed by atoms with E-state index in [0.717, 1.165) is 37.8 Å². The van der Waals surface area contributed by atoms with E-state index in [1.54, 1.807) is 0 Å². The molecular formula is C13H18N2OS. The lowest BCUT2D eigenvalue weighted by molar-refractivity contribution is 0.00509. The standard InChI is InChI=1S/C13H18N2OS/c1-2-4-12-11(3-1)9-17-10-13(12)14-15-5-7-16-8-6-15/h1-4,13-14H,5-10H2. The van der Waals surface area contributed by atoms with Gasteiger partial charge in [-0.15, -0.1) is 0 Å². The summed E-state index contributed by atoms with van der Waals surface area (Å²) < 4.78 is 5.37. The van der Waals surface area contributed by atoms with Crippen molar-refractivity contribution < 1.29 is 4.74 Å². The van der Waals surface area contributed by atoms with E-state index in [-0.39, 0.29) is 0 Å². The summed E-state index contributed by atoms with van der Waals surface area (Å²) in [4.78, 5) is 0. The van der Waals surface area contributed by atoms with Crippen molar-refractivity contribution in [2.45, 2.75) is 11.8 Å². The smallest absolute Gasteiger partial charge is 0.0608 e. The van der Waals surface area contributed by atoms with Crippen molar-refractivity contribution >= 4 is 11.8 Å². The number of nitrogens with zero attached hydrogens (tertiary/aromatic N) is 1. The van der Waals surface area contributed by atoms with Gasteiger partial charge in [-0.25, -0.2) is 10.4 Å². The molecule has 2 heterocycles. The maximum Gasteiger partial charge on any atom is 0.0608 e. The van der Waals surface area contributed by atoms with E-state index in [9.17, 15) is 0 Å². The second-order valence-corrected chi connectivity index (χ2v) is 5.53. The molecule has 3 nitrogen and oxygen atoms in total. The molecule has 2 aliphatic heterocycles. The van der Waals surface area contributed by atoms with Gasteiger partial charge in [0.15, 0.2) is 0 Å². The van der Waals surface area contributed by atoms with Crippen LogP contribution >= 0.6 is 11.8 Å². The number of rotatable bonds is 2.